The first-order chi connectivity index (χ1) is 13.4. The molecule has 6 nitrogen and oxygen atoms in total. The average Bonchev–Trinajstić information content (AvgIpc) is 2.71. The van der Waals surface area contributed by atoms with E-state index in [1.54, 1.807) is 12.1 Å². The zero-order valence-electron chi connectivity index (χ0n) is 16.1. The van der Waals surface area contributed by atoms with E-state index in [2.05, 4.69) is 4.90 Å². The van der Waals surface area contributed by atoms with Crippen LogP contribution in [0.3, 0.4) is 0 Å². The smallest absolute Gasteiger partial charge is 0.254 e. The van der Waals surface area contributed by atoms with E-state index in [-0.39, 0.29) is 11.7 Å². The number of sulfone groups is 1. The van der Waals surface area contributed by atoms with Crippen LogP contribution in [0.4, 0.5) is 0 Å². The summed E-state index contributed by atoms with van der Waals surface area (Å²) in [6.45, 7) is 3.54. The fourth-order valence-electron chi connectivity index (χ4n) is 3.11. The summed E-state index contributed by atoms with van der Waals surface area (Å²) in [6.07, 6.45) is 1.25. The molecule has 1 aliphatic rings. The van der Waals surface area contributed by atoms with E-state index in [0.29, 0.717) is 50.6 Å². The molecule has 7 heteroatoms. The van der Waals surface area contributed by atoms with Crippen LogP contribution in [0.15, 0.2) is 54.6 Å². The van der Waals surface area contributed by atoms with E-state index in [9.17, 15) is 13.2 Å². The molecule has 1 fully saturated rings. The Balaban J connectivity index is 1.53. The third kappa shape index (κ3) is 6.07. The Morgan fingerprint density at radius 3 is 2.39 bits per heavy atom. The van der Waals surface area contributed by atoms with Crippen molar-refractivity contribution in [1.82, 2.24) is 9.80 Å². The lowest BCUT2D eigenvalue weighted by Gasteiger charge is -2.34. The molecule has 1 saturated heterocycles. The molecule has 0 bridgehead atoms. The fraction of sp³-hybridized carbons (Fsp3) is 0.381. The van der Waals surface area contributed by atoms with Gasteiger partial charge in [0.05, 0.1) is 5.75 Å². The summed E-state index contributed by atoms with van der Waals surface area (Å²) in [5.41, 5.74) is 1.68. The van der Waals surface area contributed by atoms with Crippen LogP contribution < -0.4 is 4.74 Å². The molecule has 0 radical (unpaired) electrons. The van der Waals surface area contributed by atoms with Gasteiger partial charge in [0.15, 0.2) is 0 Å². The number of nitrogens with zero attached hydrogens (tertiary/aromatic N) is 2. The molecule has 1 heterocycles. The lowest BCUT2D eigenvalue weighted by molar-refractivity contribution is 0.0643. The van der Waals surface area contributed by atoms with Gasteiger partial charge in [-0.2, -0.15) is 0 Å². The number of amides is 1. The van der Waals surface area contributed by atoms with Crippen molar-refractivity contribution >= 4 is 15.7 Å². The van der Waals surface area contributed by atoms with Gasteiger partial charge in [-0.15, -0.1) is 0 Å². The Kier molecular flexibility index (Phi) is 6.70. The molecular formula is C21H26N2O4S. The molecule has 0 saturated carbocycles. The number of hydrogen-bond donors (Lipinski definition) is 0. The molecule has 2 aromatic rings. The van der Waals surface area contributed by atoms with Crippen LogP contribution in [0, 0.1) is 0 Å². The van der Waals surface area contributed by atoms with Gasteiger partial charge in [-0.3, -0.25) is 9.69 Å². The molecular weight excluding hydrogens is 376 g/mol. The molecule has 2 aromatic carbocycles. The first-order valence-electron chi connectivity index (χ1n) is 9.37. The van der Waals surface area contributed by atoms with Crippen LogP contribution in [0.25, 0.3) is 0 Å². The molecule has 28 heavy (non-hydrogen) atoms. The standard InChI is InChI=1S/C21H26N2O4S/c1-28(25,26)15-14-22-10-12-23(13-11-22)21(24)19-8-5-9-20(16-19)27-17-18-6-3-2-4-7-18/h2-9,16H,10-15,17H2,1H3. The molecule has 150 valence electrons. The van der Waals surface area contributed by atoms with Crippen molar-refractivity contribution in [3.05, 3.63) is 65.7 Å². The van der Waals surface area contributed by atoms with Gasteiger partial charge in [-0.05, 0) is 23.8 Å². The highest BCUT2D eigenvalue weighted by molar-refractivity contribution is 7.90. The highest BCUT2D eigenvalue weighted by Crippen LogP contribution is 2.17. The predicted octanol–water partition coefficient (Wildman–Crippen LogP) is 2.07. The molecule has 1 amide bonds. The van der Waals surface area contributed by atoms with Crippen molar-refractivity contribution in [2.45, 2.75) is 6.61 Å². The summed E-state index contributed by atoms with van der Waals surface area (Å²) < 4.78 is 28.4. The average molecular weight is 403 g/mol. The number of carbonyl (C=O) groups is 1. The highest BCUT2D eigenvalue weighted by Gasteiger charge is 2.22. The van der Waals surface area contributed by atoms with Gasteiger partial charge in [0, 0.05) is 44.5 Å². The van der Waals surface area contributed by atoms with Crippen LogP contribution in [0.5, 0.6) is 5.75 Å². The minimum absolute atomic E-state index is 0.0204. The van der Waals surface area contributed by atoms with Gasteiger partial charge in [-0.1, -0.05) is 36.4 Å². The third-order valence-corrected chi connectivity index (χ3v) is 5.69. The number of hydrogen-bond acceptors (Lipinski definition) is 5. The van der Waals surface area contributed by atoms with E-state index in [4.69, 9.17) is 4.74 Å². The molecule has 3 rings (SSSR count). The van der Waals surface area contributed by atoms with E-state index < -0.39 is 9.84 Å². The number of piperazine rings is 1. The van der Waals surface area contributed by atoms with Gasteiger partial charge in [-0.25, -0.2) is 8.42 Å². The minimum Gasteiger partial charge on any atom is -0.489 e. The van der Waals surface area contributed by atoms with Crippen LogP contribution in [0.1, 0.15) is 15.9 Å². The van der Waals surface area contributed by atoms with E-state index >= 15 is 0 Å². The summed E-state index contributed by atoms with van der Waals surface area (Å²) in [5, 5.41) is 0. The summed E-state index contributed by atoms with van der Waals surface area (Å²) >= 11 is 0. The van der Waals surface area contributed by atoms with Crippen molar-refractivity contribution in [2.75, 3.05) is 44.7 Å². The van der Waals surface area contributed by atoms with Gasteiger partial charge in [0.1, 0.15) is 22.2 Å². The van der Waals surface area contributed by atoms with Gasteiger partial charge in [0.2, 0.25) is 0 Å². The minimum atomic E-state index is -2.96. The third-order valence-electron chi connectivity index (χ3n) is 4.77. The normalized spacial score (nSPS) is 15.4. The Bertz CT molecular complexity index is 892. The Morgan fingerprint density at radius 1 is 1.00 bits per heavy atom. The van der Waals surface area contributed by atoms with Gasteiger partial charge >= 0.3 is 0 Å². The lowest BCUT2D eigenvalue weighted by Crippen LogP contribution is -2.49. The molecule has 0 unspecified atom stereocenters. The van der Waals surface area contributed by atoms with Crippen molar-refractivity contribution in [2.24, 2.45) is 0 Å². The molecule has 0 spiro atoms. The predicted molar refractivity (Wildman–Crippen MR) is 109 cm³/mol. The second-order valence-corrected chi connectivity index (χ2v) is 9.33. The van der Waals surface area contributed by atoms with Crippen molar-refractivity contribution < 1.29 is 17.9 Å². The van der Waals surface area contributed by atoms with E-state index in [1.807, 2.05) is 47.4 Å². The number of rotatable bonds is 7. The van der Waals surface area contributed by atoms with Gasteiger partial charge in [0.25, 0.3) is 5.91 Å². The first-order valence-corrected chi connectivity index (χ1v) is 11.4. The fourth-order valence-corrected chi connectivity index (χ4v) is 3.70. The van der Waals surface area contributed by atoms with Crippen molar-refractivity contribution in [1.29, 1.82) is 0 Å². The maximum absolute atomic E-state index is 12.8. The Hall–Kier alpha value is -2.38. The lowest BCUT2D eigenvalue weighted by atomic mass is 10.1. The van der Waals surface area contributed by atoms with E-state index in [1.165, 1.54) is 6.26 Å². The van der Waals surface area contributed by atoms with Crippen LogP contribution in [-0.4, -0.2) is 68.9 Å². The molecule has 0 aliphatic carbocycles. The topological polar surface area (TPSA) is 66.9 Å². The second kappa shape index (κ2) is 9.21. The largest absolute Gasteiger partial charge is 0.489 e. The summed E-state index contributed by atoms with van der Waals surface area (Å²) in [7, 11) is -2.96. The number of ether oxygens (including phenoxy) is 1. The van der Waals surface area contributed by atoms with Gasteiger partial charge < -0.3 is 9.64 Å². The summed E-state index contributed by atoms with van der Waals surface area (Å²) in [6, 6.07) is 17.1. The van der Waals surface area contributed by atoms with Crippen LogP contribution in [0.2, 0.25) is 0 Å². The second-order valence-electron chi connectivity index (χ2n) is 7.07. The number of carbonyl (C=O) groups excluding carboxylic acids is 1. The zero-order chi connectivity index (χ0) is 20.0. The van der Waals surface area contributed by atoms with E-state index in [0.717, 1.165) is 5.56 Å². The Labute approximate surface area is 166 Å². The molecule has 0 atom stereocenters. The highest BCUT2D eigenvalue weighted by atomic mass is 32.2. The molecule has 0 aromatic heterocycles. The van der Waals surface area contributed by atoms with Crippen LogP contribution in [-0.2, 0) is 16.4 Å². The van der Waals surface area contributed by atoms with Crippen LogP contribution >= 0.6 is 0 Å². The van der Waals surface area contributed by atoms with Crippen molar-refractivity contribution in [3.8, 4) is 5.75 Å². The zero-order valence-corrected chi connectivity index (χ0v) is 16.9. The Morgan fingerprint density at radius 2 is 1.71 bits per heavy atom. The summed E-state index contributed by atoms with van der Waals surface area (Å²) in [4.78, 5) is 16.7. The quantitative estimate of drug-likeness (QED) is 0.709. The summed E-state index contributed by atoms with van der Waals surface area (Å²) in [5.74, 6) is 0.802. The SMILES string of the molecule is CS(=O)(=O)CCN1CCN(C(=O)c2cccc(OCc3ccccc3)c2)CC1. The first kappa shape index (κ1) is 20.4. The maximum atomic E-state index is 12.8. The monoisotopic (exact) mass is 402 g/mol. The number of benzene rings is 2. The van der Waals surface area contributed by atoms with Crippen molar-refractivity contribution in [3.63, 3.8) is 0 Å². The molecule has 0 N–H and O–H groups in total. The molecule has 1 aliphatic heterocycles. The maximum Gasteiger partial charge on any atom is 0.254 e.